The zero-order valence-corrected chi connectivity index (χ0v) is 14.1. The van der Waals surface area contributed by atoms with Gasteiger partial charge in [-0.05, 0) is 36.8 Å². The number of carbonyl (C=O) groups excluding carboxylic acids is 2. The van der Waals surface area contributed by atoms with Gasteiger partial charge >= 0.3 is 0 Å². The van der Waals surface area contributed by atoms with Crippen LogP contribution in [0.3, 0.4) is 0 Å². The lowest BCUT2D eigenvalue weighted by atomic mass is 10.3. The van der Waals surface area contributed by atoms with Crippen molar-refractivity contribution in [2.24, 2.45) is 0 Å². The predicted octanol–water partition coefficient (Wildman–Crippen LogP) is 3.08. The Balaban J connectivity index is 1.68. The maximum absolute atomic E-state index is 13.1. The highest BCUT2D eigenvalue weighted by Crippen LogP contribution is 2.10. The normalized spacial score (nSPS) is 10.2. The molecule has 1 N–H and O–H groups in total. The Morgan fingerprint density at radius 1 is 1.12 bits per heavy atom. The van der Waals surface area contributed by atoms with E-state index in [0.717, 1.165) is 5.75 Å². The Kier molecular flexibility index (Phi) is 6.95. The second-order valence-electron chi connectivity index (χ2n) is 5.57. The third-order valence-corrected chi connectivity index (χ3v) is 3.46. The van der Waals surface area contributed by atoms with E-state index in [1.165, 1.54) is 23.1 Å². The molecule has 0 fully saturated rings. The Morgan fingerprint density at radius 2 is 1.88 bits per heavy atom. The smallest absolute Gasteiger partial charge is 0.243 e. The van der Waals surface area contributed by atoms with Gasteiger partial charge in [0.25, 0.3) is 0 Å². The summed E-state index contributed by atoms with van der Waals surface area (Å²) in [5, 5.41) is 2.56. The average molecular weight is 344 g/mol. The van der Waals surface area contributed by atoms with Crippen molar-refractivity contribution >= 4 is 17.5 Å². The van der Waals surface area contributed by atoms with E-state index in [-0.39, 0.29) is 24.8 Å². The number of halogens is 1. The summed E-state index contributed by atoms with van der Waals surface area (Å²) >= 11 is 0. The first kappa shape index (κ1) is 18.4. The molecule has 132 valence electrons. The molecule has 0 bridgehead atoms. The standard InChI is InChI=1S/C19H21FN2O3/c1-22(14-18(23)21-16-8-5-7-15(20)13-16)19(24)11-6-12-25-17-9-3-2-4-10-17/h2-5,7-10,13H,6,11-12,14H2,1H3,(H,21,23). The number of anilines is 1. The monoisotopic (exact) mass is 344 g/mol. The molecule has 0 aliphatic heterocycles. The average Bonchev–Trinajstić information content (AvgIpc) is 2.59. The van der Waals surface area contributed by atoms with Crippen LogP contribution in [0.4, 0.5) is 10.1 Å². The van der Waals surface area contributed by atoms with Gasteiger partial charge < -0.3 is 15.0 Å². The fourth-order valence-electron chi connectivity index (χ4n) is 2.19. The van der Waals surface area contributed by atoms with Gasteiger partial charge in [-0.2, -0.15) is 0 Å². The van der Waals surface area contributed by atoms with Gasteiger partial charge in [-0.15, -0.1) is 0 Å². The minimum Gasteiger partial charge on any atom is -0.494 e. The van der Waals surface area contributed by atoms with E-state index in [0.29, 0.717) is 18.7 Å². The van der Waals surface area contributed by atoms with Crippen molar-refractivity contribution in [2.75, 3.05) is 25.5 Å². The second-order valence-corrected chi connectivity index (χ2v) is 5.57. The number of carbonyl (C=O) groups is 2. The van der Waals surface area contributed by atoms with Crippen LogP contribution in [0.2, 0.25) is 0 Å². The molecule has 2 aromatic carbocycles. The zero-order valence-electron chi connectivity index (χ0n) is 14.1. The minimum atomic E-state index is -0.430. The maximum Gasteiger partial charge on any atom is 0.243 e. The number of hydrogen-bond acceptors (Lipinski definition) is 3. The highest BCUT2D eigenvalue weighted by molar-refractivity contribution is 5.94. The summed E-state index contributed by atoms with van der Waals surface area (Å²) in [6.45, 7) is 0.341. The van der Waals surface area contributed by atoms with Gasteiger partial charge in [0.15, 0.2) is 0 Å². The topological polar surface area (TPSA) is 58.6 Å². The van der Waals surface area contributed by atoms with Crippen LogP contribution < -0.4 is 10.1 Å². The van der Waals surface area contributed by atoms with Crippen LogP contribution in [-0.2, 0) is 9.59 Å². The molecule has 25 heavy (non-hydrogen) atoms. The molecule has 0 aliphatic rings. The molecule has 6 heteroatoms. The number of benzene rings is 2. The van der Waals surface area contributed by atoms with E-state index in [9.17, 15) is 14.0 Å². The molecule has 2 rings (SSSR count). The van der Waals surface area contributed by atoms with Crippen LogP contribution in [0, 0.1) is 5.82 Å². The summed E-state index contributed by atoms with van der Waals surface area (Å²) < 4.78 is 18.6. The van der Waals surface area contributed by atoms with Gasteiger partial charge in [-0.3, -0.25) is 9.59 Å². The van der Waals surface area contributed by atoms with E-state index in [4.69, 9.17) is 4.74 Å². The number of rotatable bonds is 8. The summed E-state index contributed by atoms with van der Waals surface area (Å²) in [6.07, 6.45) is 0.847. The molecule has 0 aromatic heterocycles. The summed E-state index contributed by atoms with van der Waals surface area (Å²) in [5.41, 5.74) is 0.363. The van der Waals surface area contributed by atoms with Crippen LogP contribution in [0.1, 0.15) is 12.8 Å². The molecule has 0 spiro atoms. The minimum absolute atomic E-state index is 0.0884. The highest BCUT2D eigenvalue weighted by atomic mass is 19.1. The van der Waals surface area contributed by atoms with E-state index >= 15 is 0 Å². The molecule has 2 amide bonds. The quantitative estimate of drug-likeness (QED) is 0.749. The summed E-state index contributed by atoms with van der Waals surface area (Å²) in [6, 6.07) is 15.0. The van der Waals surface area contributed by atoms with Gasteiger partial charge in [0.05, 0.1) is 13.2 Å². The lowest BCUT2D eigenvalue weighted by Gasteiger charge is -2.17. The van der Waals surface area contributed by atoms with Crippen molar-refractivity contribution in [3.05, 3.63) is 60.4 Å². The number of nitrogens with zero attached hydrogens (tertiary/aromatic N) is 1. The number of likely N-dealkylation sites (N-methyl/N-ethyl adjacent to an activating group) is 1. The summed E-state index contributed by atoms with van der Waals surface area (Å²) in [4.78, 5) is 25.3. The van der Waals surface area contributed by atoms with Crippen molar-refractivity contribution in [3.8, 4) is 5.75 Å². The number of nitrogens with one attached hydrogen (secondary N) is 1. The summed E-state index contributed by atoms with van der Waals surface area (Å²) in [5.74, 6) is -0.188. The van der Waals surface area contributed by atoms with E-state index in [1.807, 2.05) is 30.3 Å². The van der Waals surface area contributed by atoms with Crippen molar-refractivity contribution in [3.63, 3.8) is 0 Å². The number of ether oxygens (including phenoxy) is 1. The third kappa shape index (κ3) is 6.63. The first-order valence-electron chi connectivity index (χ1n) is 8.02. The molecule has 5 nitrogen and oxygen atoms in total. The molecule has 2 aromatic rings. The number of para-hydroxylation sites is 1. The van der Waals surface area contributed by atoms with Crippen LogP contribution in [0.15, 0.2) is 54.6 Å². The third-order valence-electron chi connectivity index (χ3n) is 3.46. The lowest BCUT2D eigenvalue weighted by molar-refractivity contribution is -0.133. The van der Waals surface area contributed by atoms with E-state index in [1.54, 1.807) is 13.1 Å². The van der Waals surface area contributed by atoms with Gasteiger partial charge in [0.2, 0.25) is 11.8 Å². The van der Waals surface area contributed by atoms with Crippen LogP contribution in [-0.4, -0.2) is 36.9 Å². The molecule has 0 atom stereocenters. The highest BCUT2D eigenvalue weighted by Gasteiger charge is 2.13. The zero-order chi connectivity index (χ0) is 18.1. The molecule has 0 saturated carbocycles. The number of hydrogen-bond donors (Lipinski definition) is 1. The maximum atomic E-state index is 13.1. The first-order valence-corrected chi connectivity index (χ1v) is 8.02. The van der Waals surface area contributed by atoms with E-state index < -0.39 is 5.82 Å². The Bertz CT molecular complexity index is 707. The molecular weight excluding hydrogens is 323 g/mol. The lowest BCUT2D eigenvalue weighted by Crippen LogP contribution is -2.35. The second kappa shape index (κ2) is 9.42. The number of amides is 2. The molecule has 0 aliphatic carbocycles. The Labute approximate surface area is 146 Å². The Morgan fingerprint density at radius 3 is 2.60 bits per heavy atom. The van der Waals surface area contributed by atoms with Crippen LogP contribution >= 0.6 is 0 Å². The van der Waals surface area contributed by atoms with Crippen LogP contribution in [0.5, 0.6) is 5.75 Å². The van der Waals surface area contributed by atoms with Crippen molar-refractivity contribution in [1.29, 1.82) is 0 Å². The molecular formula is C19H21FN2O3. The van der Waals surface area contributed by atoms with Crippen LogP contribution in [0.25, 0.3) is 0 Å². The SMILES string of the molecule is CN(CC(=O)Nc1cccc(F)c1)C(=O)CCCOc1ccccc1. The molecule has 0 saturated heterocycles. The molecule has 0 radical (unpaired) electrons. The van der Waals surface area contributed by atoms with Gasteiger partial charge in [0.1, 0.15) is 11.6 Å². The Hall–Kier alpha value is -2.89. The first-order chi connectivity index (χ1) is 12.0. The van der Waals surface area contributed by atoms with Gasteiger partial charge in [0, 0.05) is 19.2 Å². The van der Waals surface area contributed by atoms with Gasteiger partial charge in [-0.1, -0.05) is 24.3 Å². The molecule has 0 heterocycles. The van der Waals surface area contributed by atoms with Crippen molar-refractivity contribution in [2.45, 2.75) is 12.8 Å². The van der Waals surface area contributed by atoms with Crippen molar-refractivity contribution < 1.29 is 18.7 Å². The largest absolute Gasteiger partial charge is 0.494 e. The fourth-order valence-corrected chi connectivity index (χ4v) is 2.19. The predicted molar refractivity (Wildman–Crippen MR) is 93.8 cm³/mol. The fraction of sp³-hybridized carbons (Fsp3) is 0.263. The van der Waals surface area contributed by atoms with Crippen molar-refractivity contribution in [1.82, 2.24) is 4.90 Å². The van der Waals surface area contributed by atoms with Gasteiger partial charge in [-0.25, -0.2) is 4.39 Å². The van der Waals surface area contributed by atoms with E-state index in [2.05, 4.69) is 5.32 Å². The summed E-state index contributed by atoms with van der Waals surface area (Å²) in [7, 11) is 1.56. The molecule has 0 unspecified atom stereocenters.